The van der Waals surface area contributed by atoms with Crippen LogP contribution in [0.5, 0.6) is 0 Å². The van der Waals surface area contributed by atoms with Gasteiger partial charge in [0.15, 0.2) is 0 Å². The van der Waals surface area contributed by atoms with E-state index in [1.54, 1.807) is 0 Å². The molecular weight excluding hydrogens is 407 g/mol. The number of nitrogens with one attached hydrogen (secondary N) is 2. The van der Waals surface area contributed by atoms with E-state index in [9.17, 15) is 0 Å². The Balaban J connectivity index is 0.00000182. The predicted octanol–water partition coefficient (Wildman–Crippen LogP) is 3.71. The minimum atomic E-state index is 0. The summed E-state index contributed by atoms with van der Waals surface area (Å²) in [5.74, 6) is 1.70. The molecular formula is C18H29Cl3N6. The zero-order valence-electron chi connectivity index (χ0n) is 15.5. The average Bonchev–Trinajstić information content (AvgIpc) is 3.04. The molecule has 0 bridgehead atoms. The number of benzene rings is 1. The lowest BCUT2D eigenvalue weighted by atomic mass is 9.88. The highest BCUT2D eigenvalue weighted by Gasteiger charge is 2.29. The minimum Gasteiger partial charge on any atom is -0.368 e. The highest BCUT2D eigenvalue weighted by atomic mass is 35.5. The lowest BCUT2D eigenvalue weighted by Gasteiger charge is -2.38. The van der Waals surface area contributed by atoms with Crippen LogP contribution in [0.15, 0.2) is 24.3 Å². The molecule has 9 heteroatoms. The molecule has 1 aromatic carbocycles. The van der Waals surface area contributed by atoms with Gasteiger partial charge in [0.2, 0.25) is 11.9 Å². The van der Waals surface area contributed by atoms with Crippen LogP contribution in [0.2, 0.25) is 5.02 Å². The highest BCUT2D eigenvalue weighted by molar-refractivity contribution is 6.30. The zero-order chi connectivity index (χ0) is 17.6. The summed E-state index contributed by atoms with van der Waals surface area (Å²) in [5.41, 5.74) is 6.98. The van der Waals surface area contributed by atoms with Crippen LogP contribution in [0.4, 0.5) is 11.9 Å². The first-order valence-electron chi connectivity index (χ1n) is 9.06. The molecule has 1 aliphatic heterocycles. The largest absolute Gasteiger partial charge is 0.368 e. The smallest absolute Gasteiger partial charge is 0.246 e. The first-order valence-corrected chi connectivity index (χ1v) is 9.44. The number of nitrogens with zero attached hydrogens (tertiary/aromatic N) is 3. The summed E-state index contributed by atoms with van der Waals surface area (Å²) in [7, 11) is 0. The third kappa shape index (κ3) is 6.71. The maximum atomic E-state index is 5.95. The van der Waals surface area contributed by atoms with E-state index in [2.05, 4.69) is 44.5 Å². The van der Waals surface area contributed by atoms with E-state index in [-0.39, 0.29) is 24.8 Å². The lowest BCUT2D eigenvalue weighted by molar-refractivity contribution is 0.285. The molecule has 1 aromatic heterocycles. The Hall–Kier alpha value is -1.21. The number of hydrogen-bond donors (Lipinski definition) is 3. The van der Waals surface area contributed by atoms with Gasteiger partial charge in [0.1, 0.15) is 0 Å². The number of rotatable bonds is 7. The monoisotopic (exact) mass is 434 g/mol. The molecule has 0 saturated carbocycles. The minimum absolute atomic E-state index is 0. The molecule has 27 heavy (non-hydrogen) atoms. The summed E-state index contributed by atoms with van der Waals surface area (Å²) >= 11 is 5.95. The Morgan fingerprint density at radius 2 is 2.04 bits per heavy atom. The number of nitrogen functional groups attached to an aromatic ring is 1. The number of aromatic amines is 1. The molecule has 0 spiro atoms. The first kappa shape index (κ1) is 23.8. The van der Waals surface area contributed by atoms with Crippen molar-refractivity contribution in [1.29, 1.82) is 0 Å². The van der Waals surface area contributed by atoms with E-state index in [0.717, 1.165) is 43.4 Å². The first-order chi connectivity index (χ1) is 12.2. The van der Waals surface area contributed by atoms with E-state index in [0.29, 0.717) is 17.9 Å². The Labute approximate surface area is 178 Å². The molecule has 2 aromatic rings. The Morgan fingerprint density at radius 3 is 2.67 bits per heavy atom. The highest BCUT2D eigenvalue weighted by Crippen LogP contribution is 2.24. The predicted molar refractivity (Wildman–Crippen MR) is 117 cm³/mol. The van der Waals surface area contributed by atoms with Crippen LogP contribution in [-0.2, 0) is 6.42 Å². The maximum Gasteiger partial charge on any atom is 0.246 e. The number of hydrogen-bond acceptors (Lipinski definition) is 5. The van der Waals surface area contributed by atoms with Gasteiger partial charge in [-0.25, -0.2) is 5.10 Å². The number of H-pyrrole nitrogens is 1. The van der Waals surface area contributed by atoms with Crippen LogP contribution in [0, 0.1) is 5.92 Å². The molecule has 1 aliphatic rings. The number of anilines is 2. The van der Waals surface area contributed by atoms with E-state index in [4.69, 9.17) is 17.3 Å². The zero-order valence-corrected chi connectivity index (χ0v) is 17.9. The number of nitrogens with two attached hydrogens (primary N) is 1. The number of piperidine rings is 1. The second-order valence-electron chi connectivity index (χ2n) is 6.74. The third-order valence-electron chi connectivity index (χ3n) is 4.90. The van der Waals surface area contributed by atoms with Crippen molar-refractivity contribution < 1.29 is 0 Å². The Bertz CT molecular complexity index is 663. The van der Waals surface area contributed by atoms with Crippen LogP contribution in [0.3, 0.4) is 0 Å². The molecule has 152 valence electrons. The maximum absolute atomic E-state index is 5.95. The molecule has 6 nitrogen and oxygen atoms in total. The van der Waals surface area contributed by atoms with Crippen molar-refractivity contribution >= 4 is 48.3 Å². The topological polar surface area (TPSA) is 82.9 Å². The van der Waals surface area contributed by atoms with Crippen LogP contribution in [0.25, 0.3) is 0 Å². The van der Waals surface area contributed by atoms with E-state index >= 15 is 0 Å². The fraction of sp³-hybridized carbons (Fsp3) is 0.556. The van der Waals surface area contributed by atoms with Gasteiger partial charge < -0.3 is 16.0 Å². The second kappa shape index (κ2) is 11.6. The molecule has 1 fully saturated rings. The average molecular weight is 436 g/mol. The summed E-state index contributed by atoms with van der Waals surface area (Å²) in [6.07, 6.45) is 4.51. The summed E-state index contributed by atoms with van der Waals surface area (Å²) < 4.78 is 0. The van der Waals surface area contributed by atoms with Crippen LogP contribution in [-0.4, -0.2) is 40.9 Å². The van der Waals surface area contributed by atoms with Gasteiger partial charge in [0.25, 0.3) is 0 Å². The second-order valence-corrected chi connectivity index (χ2v) is 7.18. The molecule has 0 radical (unpaired) electrons. The molecule has 2 heterocycles. The van der Waals surface area contributed by atoms with Crippen molar-refractivity contribution in [3.05, 3.63) is 34.9 Å². The lowest BCUT2D eigenvalue weighted by Crippen LogP contribution is -2.50. The van der Waals surface area contributed by atoms with Gasteiger partial charge in [0, 0.05) is 24.2 Å². The van der Waals surface area contributed by atoms with Crippen molar-refractivity contribution in [2.75, 3.05) is 30.3 Å². The van der Waals surface area contributed by atoms with Crippen molar-refractivity contribution in [3.63, 3.8) is 0 Å². The Morgan fingerprint density at radius 1 is 1.30 bits per heavy atom. The van der Waals surface area contributed by atoms with Gasteiger partial charge in [0.05, 0.1) is 0 Å². The van der Waals surface area contributed by atoms with Crippen molar-refractivity contribution in [2.45, 2.75) is 38.6 Å². The van der Waals surface area contributed by atoms with Gasteiger partial charge in [-0.15, -0.1) is 29.9 Å². The summed E-state index contributed by atoms with van der Waals surface area (Å²) in [6.45, 7) is 5.16. The summed E-state index contributed by atoms with van der Waals surface area (Å²) in [5, 5.41) is 11.5. The van der Waals surface area contributed by atoms with Crippen molar-refractivity contribution in [3.8, 4) is 0 Å². The quantitative estimate of drug-likeness (QED) is 0.617. The standard InChI is InChI=1S/C18H27ClN6.2ClH/c1-2-3-14-12-25(18-22-17(20)23-24-18)11-9-16(14)21-10-8-13-4-6-15(19)7-5-13;;/h4-7,14,16,21H,2-3,8-12H2,1H3,(H3,20,22,23,24);2*1H. The number of aromatic nitrogens is 3. The molecule has 4 N–H and O–H groups in total. The van der Waals surface area contributed by atoms with E-state index in [1.807, 2.05) is 12.1 Å². The number of halogens is 3. The third-order valence-corrected chi connectivity index (χ3v) is 5.15. The Kier molecular flexibility index (Phi) is 10.2. The van der Waals surface area contributed by atoms with Crippen molar-refractivity contribution in [2.24, 2.45) is 5.92 Å². The van der Waals surface area contributed by atoms with Crippen molar-refractivity contribution in [1.82, 2.24) is 20.5 Å². The van der Waals surface area contributed by atoms with Crippen LogP contribution < -0.4 is 16.0 Å². The normalized spacial score (nSPS) is 19.3. The molecule has 1 saturated heterocycles. The molecule has 2 atom stereocenters. The van der Waals surface area contributed by atoms with Gasteiger partial charge in [-0.1, -0.05) is 37.1 Å². The molecule has 3 rings (SSSR count). The van der Waals surface area contributed by atoms with Crippen LogP contribution in [0.1, 0.15) is 31.7 Å². The molecule has 2 unspecified atom stereocenters. The van der Waals surface area contributed by atoms with Gasteiger partial charge in [-0.3, -0.25) is 0 Å². The van der Waals surface area contributed by atoms with E-state index in [1.165, 1.54) is 18.4 Å². The van der Waals surface area contributed by atoms with Gasteiger partial charge >= 0.3 is 0 Å². The molecule has 0 aliphatic carbocycles. The van der Waals surface area contributed by atoms with Gasteiger partial charge in [-0.05, 0) is 49.4 Å². The summed E-state index contributed by atoms with van der Waals surface area (Å²) in [6, 6.07) is 8.66. The fourth-order valence-electron chi connectivity index (χ4n) is 3.61. The van der Waals surface area contributed by atoms with Gasteiger partial charge in [-0.2, -0.15) is 4.98 Å². The van der Waals surface area contributed by atoms with E-state index < -0.39 is 0 Å². The SMILES string of the molecule is CCCC1CN(c2n[nH]c(N)n2)CCC1NCCc1ccc(Cl)cc1.Cl.Cl. The summed E-state index contributed by atoms with van der Waals surface area (Å²) in [4.78, 5) is 6.51. The van der Waals surface area contributed by atoms with Crippen LogP contribution >= 0.6 is 36.4 Å². The molecule has 0 amide bonds. The fourth-order valence-corrected chi connectivity index (χ4v) is 3.73.